The molecule has 0 bridgehead atoms. The topological polar surface area (TPSA) is 73.2 Å². The number of β-amino-alcohol motifs (C(OH)–C–C–N with tert-alkyl or cyclic N) is 1. The van der Waals surface area contributed by atoms with E-state index >= 15 is 0 Å². The number of anilines is 1. The number of nitrogens with zero attached hydrogens (tertiary/aromatic N) is 1. The number of ether oxygens (including phenoxy) is 1. The first-order chi connectivity index (χ1) is 14.3. The molecule has 1 aromatic carbocycles. The van der Waals surface area contributed by atoms with E-state index in [9.17, 15) is 24.1 Å². The van der Waals surface area contributed by atoms with Crippen LogP contribution in [0.1, 0.15) is 37.7 Å². The molecular formula is C22H26F2INO4. The van der Waals surface area contributed by atoms with Gasteiger partial charge in [0.15, 0.2) is 0 Å². The number of hydrogen-bond donors (Lipinski definition) is 3. The molecule has 0 radical (unpaired) electrons. The predicted molar refractivity (Wildman–Crippen MR) is 117 cm³/mol. The molecule has 0 aromatic heterocycles. The molecule has 164 valence electrons. The van der Waals surface area contributed by atoms with Crippen LogP contribution in [0.15, 0.2) is 35.1 Å². The highest BCUT2D eigenvalue weighted by molar-refractivity contribution is 14.1. The first kappa shape index (κ1) is 22.0. The average molecular weight is 533 g/mol. The number of aliphatic hydroxyl groups excluding tert-OH is 2. The number of halogens is 3. The molecule has 1 aromatic rings. The van der Waals surface area contributed by atoms with E-state index in [4.69, 9.17) is 4.74 Å². The second-order valence-corrected chi connectivity index (χ2v) is 9.06. The lowest BCUT2D eigenvalue weighted by Gasteiger charge is -2.43. The van der Waals surface area contributed by atoms with Crippen LogP contribution >= 0.6 is 22.6 Å². The van der Waals surface area contributed by atoms with Crippen LogP contribution in [0, 0.1) is 11.6 Å². The van der Waals surface area contributed by atoms with Gasteiger partial charge in [-0.2, -0.15) is 0 Å². The summed E-state index contributed by atoms with van der Waals surface area (Å²) < 4.78 is 35.4. The molecule has 0 amide bonds. The van der Waals surface area contributed by atoms with Gasteiger partial charge in [0.25, 0.3) is 0 Å². The number of alkyl halides is 1. The molecule has 8 heteroatoms. The zero-order valence-corrected chi connectivity index (χ0v) is 18.7. The SMILES string of the molecule is OC1CCC2=C(OC[C@]3(O)CCN(c4c(F)cc(CI)cc4F)C[C@H]3O)CCC=C21. The number of hydrogen-bond acceptors (Lipinski definition) is 5. The van der Waals surface area contributed by atoms with Gasteiger partial charge in [0.1, 0.15) is 35.6 Å². The summed E-state index contributed by atoms with van der Waals surface area (Å²) in [4.78, 5) is 1.44. The van der Waals surface area contributed by atoms with E-state index in [2.05, 4.69) is 0 Å². The summed E-state index contributed by atoms with van der Waals surface area (Å²) in [6, 6.07) is 2.61. The Kier molecular flexibility index (Phi) is 6.39. The lowest BCUT2D eigenvalue weighted by molar-refractivity contribution is -0.120. The Morgan fingerprint density at radius 2 is 1.93 bits per heavy atom. The fourth-order valence-electron chi connectivity index (χ4n) is 4.56. The minimum absolute atomic E-state index is 0.0902. The van der Waals surface area contributed by atoms with E-state index in [0.717, 1.165) is 29.7 Å². The van der Waals surface area contributed by atoms with Crippen molar-refractivity contribution in [3.8, 4) is 0 Å². The highest BCUT2D eigenvalue weighted by atomic mass is 127. The molecule has 30 heavy (non-hydrogen) atoms. The van der Waals surface area contributed by atoms with Crippen molar-refractivity contribution in [3.63, 3.8) is 0 Å². The highest BCUT2D eigenvalue weighted by Gasteiger charge is 2.43. The van der Waals surface area contributed by atoms with Gasteiger partial charge in [0, 0.05) is 23.9 Å². The smallest absolute Gasteiger partial charge is 0.149 e. The van der Waals surface area contributed by atoms with E-state index in [1.165, 1.54) is 17.0 Å². The van der Waals surface area contributed by atoms with Gasteiger partial charge in [-0.25, -0.2) is 8.78 Å². The number of benzene rings is 1. The van der Waals surface area contributed by atoms with Gasteiger partial charge in [0.2, 0.25) is 0 Å². The van der Waals surface area contributed by atoms with Gasteiger partial charge in [-0.05, 0) is 54.5 Å². The Balaban J connectivity index is 1.44. The Labute approximate surface area is 188 Å². The van der Waals surface area contributed by atoms with Crippen molar-refractivity contribution < 1.29 is 28.8 Å². The summed E-state index contributed by atoms with van der Waals surface area (Å²) in [6.07, 6.45) is 3.36. The zero-order chi connectivity index (χ0) is 21.5. The highest BCUT2D eigenvalue weighted by Crippen LogP contribution is 2.39. The normalized spacial score (nSPS) is 29.1. The molecule has 1 saturated heterocycles. The first-order valence-electron chi connectivity index (χ1n) is 10.2. The molecule has 4 rings (SSSR count). The van der Waals surface area contributed by atoms with Crippen LogP contribution in [0.25, 0.3) is 0 Å². The Morgan fingerprint density at radius 3 is 2.60 bits per heavy atom. The van der Waals surface area contributed by atoms with E-state index in [1.54, 1.807) is 0 Å². The quantitative estimate of drug-likeness (QED) is 0.400. The molecular weight excluding hydrogens is 507 g/mol. The van der Waals surface area contributed by atoms with Crippen molar-refractivity contribution >= 4 is 28.3 Å². The minimum Gasteiger partial charge on any atom is -0.495 e. The van der Waals surface area contributed by atoms with E-state index in [1.807, 2.05) is 28.7 Å². The van der Waals surface area contributed by atoms with Gasteiger partial charge in [-0.15, -0.1) is 0 Å². The maximum atomic E-state index is 14.5. The van der Waals surface area contributed by atoms with E-state index in [-0.39, 0.29) is 31.8 Å². The van der Waals surface area contributed by atoms with Crippen molar-refractivity contribution in [1.29, 1.82) is 0 Å². The van der Waals surface area contributed by atoms with Gasteiger partial charge >= 0.3 is 0 Å². The molecule has 0 spiro atoms. The third kappa shape index (κ3) is 4.11. The van der Waals surface area contributed by atoms with Crippen molar-refractivity contribution in [2.45, 2.75) is 54.3 Å². The molecule has 1 aliphatic heterocycles. The number of piperidine rings is 1. The zero-order valence-electron chi connectivity index (χ0n) is 16.6. The average Bonchev–Trinajstić information content (AvgIpc) is 3.10. The summed E-state index contributed by atoms with van der Waals surface area (Å²) in [7, 11) is 0. The lowest BCUT2D eigenvalue weighted by atomic mass is 9.88. The third-order valence-corrected chi connectivity index (χ3v) is 7.20. The van der Waals surface area contributed by atoms with Crippen molar-refractivity contribution in [2.75, 3.05) is 24.6 Å². The van der Waals surface area contributed by atoms with Gasteiger partial charge in [-0.1, -0.05) is 28.7 Å². The molecule has 2 aliphatic carbocycles. The van der Waals surface area contributed by atoms with Crippen LogP contribution in [0.4, 0.5) is 14.5 Å². The van der Waals surface area contributed by atoms with Gasteiger partial charge in [0.05, 0.1) is 11.9 Å². The Morgan fingerprint density at radius 1 is 1.20 bits per heavy atom. The summed E-state index contributed by atoms with van der Waals surface area (Å²) >= 11 is 2.04. The Hall–Kier alpha value is -1.23. The van der Waals surface area contributed by atoms with Crippen molar-refractivity contribution in [1.82, 2.24) is 0 Å². The second-order valence-electron chi connectivity index (χ2n) is 8.30. The number of aliphatic hydroxyl groups is 3. The molecule has 3 atom stereocenters. The molecule has 1 heterocycles. The minimum atomic E-state index is -1.50. The molecule has 3 N–H and O–H groups in total. The predicted octanol–water partition coefficient (Wildman–Crippen LogP) is 3.35. The summed E-state index contributed by atoms with van der Waals surface area (Å²) in [6.45, 7) is 0.0140. The summed E-state index contributed by atoms with van der Waals surface area (Å²) in [5, 5.41) is 31.6. The Bertz CT molecular complexity index is 867. The standard InChI is InChI=1S/C22H26F2INO4/c23-16-8-13(10-25)9-17(24)21(16)26-7-6-22(29,20(28)11-26)12-30-19-3-1-2-14-15(19)4-5-18(14)27/h2,8-9,18,20,27-29H,1,3-7,10-12H2/t18?,20-,22-/m1/s1. The number of allylic oxidation sites excluding steroid dienone is 2. The maximum Gasteiger partial charge on any atom is 0.149 e. The largest absolute Gasteiger partial charge is 0.495 e. The monoisotopic (exact) mass is 533 g/mol. The molecule has 5 nitrogen and oxygen atoms in total. The van der Waals surface area contributed by atoms with Crippen LogP contribution in [-0.4, -0.2) is 52.8 Å². The van der Waals surface area contributed by atoms with Crippen LogP contribution in [0.2, 0.25) is 0 Å². The molecule has 2 fully saturated rings. The van der Waals surface area contributed by atoms with Gasteiger partial charge in [-0.3, -0.25) is 0 Å². The van der Waals surface area contributed by atoms with Crippen molar-refractivity contribution in [2.24, 2.45) is 0 Å². The first-order valence-corrected chi connectivity index (χ1v) is 11.8. The fraction of sp³-hybridized carbons (Fsp3) is 0.545. The van der Waals surface area contributed by atoms with Crippen molar-refractivity contribution in [3.05, 3.63) is 52.3 Å². The summed E-state index contributed by atoms with van der Waals surface area (Å²) in [5.74, 6) is -0.564. The maximum absolute atomic E-state index is 14.5. The van der Waals surface area contributed by atoms with E-state index < -0.39 is 29.4 Å². The van der Waals surface area contributed by atoms with Gasteiger partial charge < -0.3 is 25.0 Å². The van der Waals surface area contributed by atoms with Crippen LogP contribution < -0.4 is 4.90 Å². The summed E-state index contributed by atoms with van der Waals surface area (Å²) in [5.41, 5.74) is 0.808. The molecule has 3 aliphatic rings. The van der Waals surface area contributed by atoms with Crippen LogP contribution in [0.5, 0.6) is 0 Å². The van der Waals surface area contributed by atoms with Crippen LogP contribution in [-0.2, 0) is 9.16 Å². The van der Waals surface area contributed by atoms with E-state index in [0.29, 0.717) is 22.8 Å². The third-order valence-electron chi connectivity index (χ3n) is 6.32. The fourth-order valence-corrected chi connectivity index (χ4v) is 5.00. The molecule has 1 saturated carbocycles. The number of fused-ring (bicyclic) bond motifs is 1. The van der Waals surface area contributed by atoms with Crippen LogP contribution in [0.3, 0.4) is 0 Å². The lowest BCUT2D eigenvalue weighted by Crippen LogP contribution is -2.58. The number of rotatable bonds is 5. The molecule has 1 unspecified atom stereocenters. The second kappa shape index (κ2) is 8.72.